The molecule has 2 atom stereocenters. The Kier molecular flexibility index (Phi) is 16.4. The number of fused-ring (bicyclic) bond motifs is 2. The Morgan fingerprint density at radius 3 is 2.03 bits per heavy atom. The molecule has 0 radical (unpaired) electrons. The van der Waals surface area contributed by atoms with Crippen LogP contribution in [0.15, 0.2) is 70.1 Å². The maximum atomic E-state index is 12.4. The molecule has 3 aliphatic rings. The van der Waals surface area contributed by atoms with Gasteiger partial charge in [-0.25, -0.2) is 4.79 Å². The van der Waals surface area contributed by atoms with E-state index >= 15 is 0 Å². The lowest BCUT2D eigenvalue weighted by Gasteiger charge is -2.30. The normalized spacial score (nSPS) is 20.9. The minimum Gasteiger partial charge on any atom is -0.385 e. The summed E-state index contributed by atoms with van der Waals surface area (Å²) < 4.78 is 127. The molecule has 0 saturated carbocycles. The second kappa shape index (κ2) is 20.8. The zero-order valence-electron chi connectivity index (χ0n) is 35.9. The Hall–Kier alpha value is -4.43. The molecule has 64 heavy (non-hydrogen) atoms. The van der Waals surface area contributed by atoms with Crippen molar-refractivity contribution in [3.8, 4) is 0 Å². The van der Waals surface area contributed by atoms with Gasteiger partial charge >= 0.3 is 5.97 Å². The minimum atomic E-state index is -4.66. The van der Waals surface area contributed by atoms with Crippen LogP contribution in [0.3, 0.4) is 0 Å². The first-order valence-corrected chi connectivity index (χ1v) is 24.7. The molecule has 2 amide bonds. The lowest BCUT2D eigenvalue weighted by atomic mass is 9.75. The Morgan fingerprint density at radius 2 is 1.41 bits per heavy atom. The van der Waals surface area contributed by atoms with Crippen molar-refractivity contribution in [3.05, 3.63) is 71.5 Å². The molecule has 2 aromatic carbocycles. The van der Waals surface area contributed by atoms with E-state index in [-0.39, 0.29) is 88.0 Å². The van der Waals surface area contributed by atoms with E-state index in [1.807, 2.05) is 16.4 Å². The molecular formula is C41H54N3O17S3+. The van der Waals surface area contributed by atoms with Crippen molar-refractivity contribution in [3.63, 3.8) is 0 Å². The summed E-state index contributed by atoms with van der Waals surface area (Å²) in [6.45, 7) is 5.04. The van der Waals surface area contributed by atoms with Gasteiger partial charge in [0.1, 0.15) is 6.61 Å². The predicted molar refractivity (Wildman–Crippen MR) is 229 cm³/mol. The lowest BCUT2D eigenvalue weighted by molar-refractivity contribution is -0.442. The number of imide groups is 1. The van der Waals surface area contributed by atoms with E-state index in [9.17, 15) is 53.3 Å². The molecule has 1 fully saturated rings. The van der Waals surface area contributed by atoms with Crippen LogP contribution in [0.1, 0.15) is 63.5 Å². The van der Waals surface area contributed by atoms with Gasteiger partial charge in [-0.05, 0) is 75.1 Å². The fourth-order valence-electron chi connectivity index (χ4n) is 8.16. The number of rotatable bonds is 24. The van der Waals surface area contributed by atoms with Crippen LogP contribution in [0.2, 0.25) is 0 Å². The molecule has 0 aromatic heterocycles. The van der Waals surface area contributed by atoms with E-state index < -0.39 is 64.7 Å². The fraction of sp³-hybridized carbons (Fsp3) is 0.512. The monoisotopic (exact) mass is 956 g/mol. The summed E-state index contributed by atoms with van der Waals surface area (Å²) in [6.07, 6.45) is 5.37. The molecule has 3 N–H and O–H groups in total. The first-order valence-electron chi connectivity index (χ1n) is 20.3. The summed E-state index contributed by atoms with van der Waals surface area (Å²) in [4.78, 5) is 42.3. The van der Waals surface area contributed by atoms with Crippen LogP contribution in [0.5, 0.6) is 0 Å². The van der Waals surface area contributed by atoms with Crippen LogP contribution in [0.25, 0.3) is 0 Å². The van der Waals surface area contributed by atoms with Crippen molar-refractivity contribution in [2.24, 2.45) is 0 Å². The minimum absolute atomic E-state index is 0.0258. The van der Waals surface area contributed by atoms with Gasteiger partial charge in [-0.15, -0.1) is 5.06 Å². The van der Waals surface area contributed by atoms with Gasteiger partial charge in [0, 0.05) is 74.7 Å². The SMILES string of the molecule is COCCOCC[N+]1=C(/C=C/C=C2/N(CCOCCC(=O)ON3C(=O)CCC3=O)c3ccc(S(=O)(=O)O)cc3C2(C)CCOC)C(C)(CCCS(=O)(=O)O)c2cc(S(=O)(=O)O)ccc21. The number of allylic oxidation sites excluding steroid dienone is 4. The average molecular weight is 957 g/mol. The van der Waals surface area contributed by atoms with Crippen LogP contribution in [0, 0.1) is 0 Å². The molecule has 3 aliphatic heterocycles. The quantitative estimate of drug-likeness (QED) is 0.0590. The van der Waals surface area contributed by atoms with E-state index in [0.29, 0.717) is 52.0 Å². The summed E-state index contributed by atoms with van der Waals surface area (Å²) >= 11 is 0. The molecule has 5 rings (SSSR count). The van der Waals surface area contributed by atoms with Gasteiger partial charge < -0.3 is 28.7 Å². The molecular weight excluding hydrogens is 903 g/mol. The van der Waals surface area contributed by atoms with Gasteiger partial charge in [0.05, 0.1) is 53.8 Å². The number of hydrogen-bond acceptors (Lipinski definition) is 15. The van der Waals surface area contributed by atoms with Crippen molar-refractivity contribution in [1.82, 2.24) is 5.06 Å². The Labute approximate surface area is 372 Å². The highest BCUT2D eigenvalue weighted by molar-refractivity contribution is 7.86. The molecule has 352 valence electrons. The first-order chi connectivity index (χ1) is 30.0. The number of hydroxylamine groups is 2. The molecule has 20 nitrogen and oxygen atoms in total. The first kappa shape index (κ1) is 50.6. The van der Waals surface area contributed by atoms with E-state index in [2.05, 4.69) is 0 Å². The molecule has 2 unspecified atom stereocenters. The number of methoxy groups -OCH3 is 2. The van der Waals surface area contributed by atoms with Gasteiger partial charge in [0.2, 0.25) is 5.69 Å². The lowest BCUT2D eigenvalue weighted by Crippen LogP contribution is -2.33. The largest absolute Gasteiger partial charge is 0.385 e. The molecule has 0 spiro atoms. The van der Waals surface area contributed by atoms with Crippen LogP contribution >= 0.6 is 0 Å². The smallest absolute Gasteiger partial charge is 0.335 e. The van der Waals surface area contributed by atoms with Gasteiger partial charge in [-0.3, -0.25) is 23.2 Å². The number of ether oxygens (including phenoxy) is 4. The maximum Gasteiger partial charge on any atom is 0.335 e. The van der Waals surface area contributed by atoms with Gasteiger partial charge in [0.15, 0.2) is 12.3 Å². The number of carbonyl (C=O) groups is 3. The second-order valence-electron chi connectivity index (χ2n) is 15.7. The van der Waals surface area contributed by atoms with E-state index in [0.717, 1.165) is 0 Å². The average Bonchev–Trinajstić information content (AvgIpc) is 3.74. The van der Waals surface area contributed by atoms with E-state index in [4.69, 9.17) is 23.8 Å². The van der Waals surface area contributed by atoms with Crippen molar-refractivity contribution in [2.75, 3.05) is 77.6 Å². The molecule has 2 aromatic rings. The third-order valence-corrected chi connectivity index (χ3v) is 13.9. The van der Waals surface area contributed by atoms with Crippen molar-refractivity contribution < 1.29 is 81.7 Å². The third kappa shape index (κ3) is 11.9. The highest BCUT2D eigenvalue weighted by Gasteiger charge is 2.48. The van der Waals surface area contributed by atoms with Gasteiger partial charge in [0.25, 0.3) is 42.2 Å². The number of nitrogens with zero attached hydrogens (tertiary/aromatic N) is 3. The third-order valence-electron chi connectivity index (χ3n) is 11.4. The van der Waals surface area contributed by atoms with Crippen LogP contribution in [-0.4, -0.2) is 145 Å². The van der Waals surface area contributed by atoms with E-state index in [1.165, 1.54) is 38.5 Å². The van der Waals surface area contributed by atoms with Gasteiger partial charge in [-0.2, -0.15) is 29.8 Å². The zero-order chi connectivity index (χ0) is 47.1. The van der Waals surface area contributed by atoms with Crippen LogP contribution in [-0.2, 0) is 79.4 Å². The molecule has 23 heteroatoms. The summed E-state index contributed by atoms with van der Waals surface area (Å²) in [7, 11) is -10.6. The number of amides is 2. The molecule has 0 bridgehead atoms. The summed E-state index contributed by atoms with van der Waals surface area (Å²) in [5, 5.41) is 0.452. The van der Waals surface area contributed by atoms with Crippen molar-refractivity contribution >= 4 is 65.2 Å². The van der Waals surface area contributed by atoms with Crippen LogP contribution in [0.4, 0.5) is 11.4 Å². The Balaban J connectivity index is 1.56. The van der Waals surface area contributed by atoms with Crippen LogP contribution < -0.4 is 4.90 Å². The standard InChI is InChI=1S/C41H53N3O17S3/c1-40(16-6-26-62(48,49)50)31-27-29(63(51,52)53)9-11-33(31)42(19-23-60-25-24-58-4)35(40)7-5-8-36-41(2,17-21-57-3)32-28-30(64(54,55)56)10-12-34(32)43(36)18-22-59-20-15-39(47)61-44-37(45)13-14-38(44)46/h5,7-12,27-28H,6,13-26H2,1-4H3,(H2-,48,49,50,51,52,53,54,55,56)/p+1. The summed E-state index contributed by atoms with van der Waals surface area (Å²) in [6, 6.07) is 8.36. The molecule has 1 saturated heterocycles. The Bertz CT molecular complexity index is 2520. The van der Waals surface area contributed by atoms with E-state index in [1.54, 1.807) is 37.3 Å². The number of carbonyl (C=O) groups excluding carboxylic acids is 3. The zero-order valence-corrected chi connectivity index (χ0v) is 38.4. The van der Waals surface area contributed by atoms with Crippen molar-refractivity contribution in [1.29, 1.82) is 0 Å². The second-order valence-corrected chi connectivity index (χ2v) is 20.1. The van der Waals surface area contributed by atoms with Crippen molar-refractivity contribution in [2.45, 2.75) is 73.0 Å². The highest BCUT2D eigenvalue weighted by atomic mass is 32.2. The molecule has 0 aliphatic carbocycles. The number of hydrogen-bond donors (Lipinski definition) is 3. The van der Waals surface area contributed by atoms with Gasteiger partial charge in [-0.1, -0.05) is 6.08 Å². The summed E-state index contributed by atoms with van der Waals surface area (Å²) in [5.41, 5.74) is 1.38. The highest BCUT2D eigenvalue weighted by Crippen LogP contribution is 2.51. The molecule has 3 heterocycles. The summed E-state index contributed by atoms with van der Waals surface area (Å²) in [5.74, 6) is -2.64. The maximum absolute atomic E-state index is 12.4. The number of anilines is 1. The fourth-order valence-corrected chi connectivity index (χ4v) is 9.68. The number of benzene rings is 2. The Morgan fingerprint density at radius 1 is 0.781 bits per heavy atom. The predicted octanol–water partition coefficient (Wildman–Crippen LogP) is 3.14. The topological polar surface area (TPSA) is 270 Å².